The molecular weight excluding hydrogens is 159 g/mol. The lowest BCUT2D eigenvalue weighted by Gasteiger charge is -2.03. The summed E-state index contributed by atoms with van der Waals surface area (Å²) in [5.41, 5.74) is 6.26. The smallest absolute Gasteiger partial charge is 0.141 e. The molecule has 58 valence electrons. The highest BCUT2D eigenvalue weighted by Gasteiger charge is 2.01. The molecule has 0 saturated carbocycles. The summed E-state index contributed by atoms with van der Waals surface area (Å²) in [6, 6.07) is 0. The second-order valence-electron chi connectivity index (χ2n) is 1.87. The maximum absolute atomic E-state index is 5.54. The van der Waals surface area contributed by atoms with Gasteiger partial charge < -0.3 is 10.8 Å². The van der Waals surface area contributed by atoms with Crippen molar-refractivity contribution >= 4 is 27.1 Å². The molecule has 0 amide bonds. The summed E-state index contributed by atoms with van der Waals surface area (Å²) in [6.45, 7) is 3.59. The van der Waals surface area contributed by atoms with E-state index in [4.69, 9.17) is 5.73 Å². The predicted octanol–water partition coefficient (Wildman–Crippen LogP) is 0.904. The topological polar surface area (TPSA) is 63.8 Å². The Balaban J connectivity index is 3.24. The maximum atomic E-state index is 5.54. The SMILES string of the molecule is C=Cc1c(N)ncnc1NP. The molecule has 0 radical (unpaired) electrons. The predicted molar refractivity (Wildman–Crippen MR) is 49.9 cm³/mol. The summed E-state index contributed by atoms with van der Waals surface area (Å²) in [6.07, 6.45) is 3.01. The molecule has 4 nitrogen and oxygen atoms in total. The Bertz CT molecular complexity index is 273. The van der Waals surface area contributed by atoms with E-state index in [1.807, 2.05) is 0 Å². The maximum Gasteiger partial charge on any atom is 0.141 e. The number of rotatable bonds is 2. The van der Waals surface area contributed by atoms with E-state index in [1.165, 1.54) is 6.33 Å². The van der Waals surface area contributed by atoms with E-state index in [1.54, 1.807) is 6.08 Å². The van der Waals surface area contributed by atoms with E-state index in [9.17, 15) is 0 Å². The third-order valence-corrected chi connectivity index (χ3v) is 1.53. The van der Waals surface area contributed by atoms with Crippen LogP contribution in [0.25, 0.3) is 6.08 Å². The molecule has 0 aromatic carbocycles. The molecule has 1 unspecified atom stereocenters. The minimum atomic E-state index is 0.431. The van der Waals surface area contributed by atoms with Gasteiger partial charge in [-0.05, 0) is 9.39 Å². The molecule has 0 aliphatic rings. The van der Waals surface area contributed by atoms with Crippen LogP contribution in [0.5, 0.6) is 0 Å². The summed E-state index contributed by atoms with van der Waals surface area (Å²) in [5.74, 6) is 1.09. The van der Waals surface area contributed by atoms with Crippen LogP contribution in [0.15, 0.2) is 12.9 Å². The van der Waals surface area contributed by atoms with Crippen molar-refractivity contribution in [1.82, 2.24) is 9.97 Å². The van der Waals surface area contributed by atoms with Gasteiger partial charge in [0.25, 0.3) is 0 Å². The van der Waals surface area contributed by atoms with Crippen LogP contribution in [-0.2, 0) is 0 Å². The summed E-state index contributed by atoms with van der Waals surface area (Å²) < 4.78 is 0. The Kier molecular flexibility index (Phi) is 2.39. The highest BCUT2D eigenvalue weighted by atomic mass is 31.0. The van der Waals surface area contributed by atoms with Crippen LogP contribution in [0.1, 0.15) is 5.56 Å². The third-order valence-electron chi connectivity index (χ3n) is 1.26. The standard InChI is InChI=1S/C6H9N4P/c1-2-4-5(7)8-3-9-6(4)10-11/h2-3H,1,11H2,(H3,7,8,9,10). The molecule has 11 heavy (non-hydrogen) atoms. The number of anilines is 2. The minimum absolute atomic E-state index is 0.431. The van der Waals surface area contributed by atoms with Crippen LogP contribution in [0, 0.1) is 0 Å². The summed E-state index contributed by atoms with van der Waals surface area (Å²) in [7, 11) is 2.34. The van der Waals surface area contributed by atoms with Gasteiger partial charge in [0.15, 0.2) is 0 Å². The Labute approximate surface area is 67.2 Å². The molecule has 0 fully saturated rings. The van der Waals surface area contributed by atoms with Crippen molar-refractivity contribution in [3.8, 4) is 0 Å². The van der Waals surface area contributed by atoms with Crippen molar-refractivity contribution in [3.05, 3.63) is 18.5 Å². The van der Waals surface area contributed by atoms with Crippen LogP contribution in [0.2, 0.25) is 0 Å². The van der Waals surface area contributed by atoms with Crippen molar-refractivity contribution < 1.29 is 0 Å². The van der Waals surface area contributed by atoms with Gasteiger partial charge >= 0.3 is 0 Å². The molecule has 0 saturated heterocycles. The van der Waals surface area contributed by atoms with Gasteiger partial charge in [-0.3, -0.25) is 0 Å². The number of hydrogen-bond acceptors (Lipinski definition) is 4. The fraction of sp³-hybridized carbons (Fsp3) is 0. The quantitative estimate of drug-likeness (QED) is 0.644. The molecule has 0 spiro atoms. The second-order valence-corrected chi connectivity index (χ2v) is 2.16. The number of nitrogens with one attached hydrogen (secondary N) is 1. The number of nitrogens with zero attached hydrogens (tertiary/aromatic N) is 2. The van der Waals surface area contributed by atoms with E-state index in [0.717, 1.165) is 5.56 Å². The molecule has 0 bridgehead atoms. The van der Waals surface area contributed by atoms with Gasteiger partial charge in [0, 0.05) is 0 Å². The summed E-state index contributed by atoms with van der Waals surface area (Å²) in [4.78, 5) is 7.74. The van der Waals surface area contributed by atoms with E-state index in [0.29, 0.717) is 11.6 Å². The van der Waals surface area contributed by atoms with E-state index < -0.39 is 0 Å². The molecule has 0 aliphatic heterocycles. The van der Waals surface area contributed by atoms with Gasteiger partial charge in [-0.2, -0.15) is 0 Å². The Morgan fingerprint density at radius 3 is 2.82 bits per heavy atom. The molecule has 1 aromatic heterocycles. The first-order valence-electron chi connectivity index (χ1n) is 2.99. The van der Waals surface area contributed by atoms with E-state index in [-0.39, 0.29) is 0 Å². The van der Waals surface area contributed by atoms with Gasteiger partial charge in [-0.1, -0.05) is 12.7 Å². The minimum Gasteiger partial charge on any atom is -0.383 e. The van der Waals surface area contributed by atoms with Gasteiger partial charge in [0.05, 0.1) is 5.56 Å². The van der Waals surface area contributed by atoms with Gasteiger partial charge in [0.1, 0.15) is 18.0 Å². The number of aromatic nitrogens is 2. The zero-order chi connectivity index (χ0) is 8.27. The van der Waals surface area contributed by atoms with E-state index in [2.05, 4.69) is 31.0 Å². The Morgan fingerprint density at radius 2 is 2.36 bits per heavy atom. The Morgan fingerprint density at radius 1 is 1.64 bits per heavy atom. The van der Waals surface area contributed by atoms with E-state index >= 15 is 0 Å². The molecule has 5 heteroatoms. The van der Waals surface area contributed by atoms with Crippen molar-refractivity contribution in [2.75, 3.05) is 10.8 Å². The molecule has 1 aromatic rings. The summed E-state index contributed by atoms with van der Waals surface area (Å²) in [5, 5.41) is 2.80. The van der Waals surface area contributed by atoms with Crippen LogP contribution in [0.3, 0.4) is 0 Å². The normalized spacial score (nSPS) is 9.18. The first-order chi connectivity index (χ1) is 5.29. The first kappa shape index (κ1) is 7.95. The average Bonchev–Trinajstić information content (AvgIpc) is 2.04. The average molecular weight is 168 g/mol. The fourth-order valence-electron chi connectivity index (χ4n) is 0.725. The van der Waals surface area contributed by atoms with Crippen molar-refractivity contribution in [2.24, 2.45) is 0 Å². The second kappa shape index (κ2) is 3.30. The van der Waals surface area contributed by atoms with Crippen molar-refractivity contribution in [2.45, 2.75) is 0 Å². The van der Waals surface area contributed by atoms with Gasteiger partial charge in [-0.25, -0.2) is 9.97 Å². The van der Waals surface area contributed by atoms with Crippen LogP contribution >= 0.6 is 9.39 Å². The number of hydrogen-bond donors (Lipinski definition) is 2. The zero-order valence-electron chi connectivity index (χ0n) is 5.91. The lowest BCUT2D eigenvalue weighted by atomic mass is 10.3. The molecule has 1 heterocycles. The lowest BCUT2D eigenvalue weighted by molar-refractivity contribution is 1.18. The molecule has 1 rings (SSSR count). The van der Waals surface area contributed by atoms with Crippen molar-refractivity contribution in [1.29, 1.82) is 0 Å². The first-order valence-corrected chi connectivity index (χ1v) is 3.57. The third kappa shape index (κ3) is 1.46. The zero-order valence-corrected chi connectivity index (χ0v) is 7.07. The summed E-state index contributed by atoms with van der Waals surface area (Å²) >= 11 is 0. The number of nitrogen functional groups attached to an aromatic ring is 1. The molecule has 0 aliphatic carbocycles. The van der Waals surface area contributed by atoms with Crippen molar-refractivity contribution in [3.63, 3.8) is 0 Å². The number of nitrogens with two attached hydrogens (primary N) is 1. The lowest BCUT2D eigenvalue weighted by Crippen LogP contribution is -1.98. The highest BCUT2D eigenvalue weighted by molar-refractivity contribution is 7.18. The van der Waals surface area contributed by atoms with Gasteiger partial charge in [-0.15, -0.1) is 0 Å². The van der Waals surface area contributed by atoms with Crippen LogP contribution in [0.4, 0.5) is 11.6 Å². The Hall–Kier alpha value is -1.15. The fourth-order valence-corrected chi connectivity index (χ4v) is 0.955. The largest absolute Gasteiger partial charge is 0.383 e. The molecule has 3 N–H and O–H groups in total. The van der Waals surface area contributed by atoms with Crippen LogP contribution < -0.4 is 10.8 Å². The monoisotopic (exact) mass is 168 g/mol. The van der Waals surface area contributed by atoms with Gasteiger partial charge in [0.2, 0.25) is 0 Å². The molecule has 1 atom stereocenters. The molecular formula is C6H9N4P. The van der Waals surface area contributed by atoms with Crippen LogP contribution in [-0.4, -0.2) is 9.97 Å². The highest BCUT2D eigenvalue weighted by Crippen LogP contribution is 2.18.